The number of aliphatic imine (C=N–C) groups is 1. The molecule has 1 fully saturated rings. The highest BCUT2D eigenvalue weighted by Gasteiger charge is 2.10. The van der Waals surface area contributed by atoms with Crippen LogP contribution in [0.4, 0.5) is 0 Å². The van der Waals surface area contributed by atoms with E-state index in [0.29, 0.717) is 13.2 Å². The van der Waals surface area contributed by atoms with E-state index in [1.807, 2.05) is 18.2 Å². The first-order chi connectivity index (χ1) is 12.3. The average molecular weight is 345 g/mol. The Morgan fingerprint density at radius 1 is 1.28 bits per heavy atom. The molecule has 2 N–H and O–H groups in total. The van der Waals surface area contributed by atoms with E-state index in [9.17, 15) is 0 Å². The van der Waals surface area contributed by atoms with Gasteiger partial charge in [0, 0.05) is 18.7 Å². The summed E-state index contributed by atoms with van der Waals surface area (Å²) in [7, 11) is 0. The molecule has 5 heteroatoms. The van der Waals surface area contributed by atoms with Crippen LogP contribution in [0.1, 0.15) is 31.7 Å². The zero-order valence-electron chi connectivity index (χ0n) is 15.5. The number of rotatable bonds is 10. The van der Waals surface area contributed by atoms with Crippen LogP contribution in [0.5, 0.6) is 5.75 Å². The lowest BCUT2D eigenvalue weighted by molar-refractivity contribution is 0.334. The van der Waals surface area contributed by atoms with Crippen LogP contribution in [-0.2, 0) is 6.54 Å². The number of ether oxygens (including phenoxy) is 1. The quantitative estimate of drug-likeness (QED) is 0.297. The fourth-order valence-electron chi connectivity index (χ4n) is 2.95. The summed E-state index contributed by atoms with van der Waals surface area (Å²) in [6.07, 6.45) is 5.60. The van der Waals surface area contributed by atoms with Crippen LogP contribution in [0.25, 0.3) is 0 Å². The van der Waals surface area contributed by atoms with Crippen molar-refractivity contribution in [1.29, 1.82) is 0 Å². The van der Waals surface area contributed by atoms with E-state index in [0.717, 1.165) is 36.8 Å². The Morgan fingerprint density at radius 3 is 2.84 bits per heavy atom. The van der Waals surface area contributed by atoms with E-state index in [-0.39, 0.29) is 0 Å². The molecule has 25 heavy (non-hydrogen) atoms. The Balaban J connectivity index is 1.82. The highest BCUT2D eigenvalue weighted by atomic mass is 16.5. The molecule has 1 aromatic rings. The molecule has 0 atom stereocenters. The minimum Gasteiger partial charge on any atom is -0.489 e. The smallest absolute Gasteiger partial charge is 0.191 e. The van der Waals surface area contributed by atoms with Crippen LogP contribution in [0.2, 0.25) is 0 Å². The zero-order valence-corrected chi connectivity index (χ0v) is 15.5. The molecule has 1 aromatic carbocycles. The Bertz CT molecular complexity index is 538. The molecule has 0 aromatic heterocycles. The van der Waals surface area contributed by atoms with E-state index >= 15 is 0 Å². The number of guanidine groups is 1. The predicted octanol–water partition coefficient (Wildman–Crippen LogP) is 2.79. The number of para-hydroxylation sites is 1. The standard InChI is InChI=1S/C20H32N4O/c1-3-16-25-19-11-6-5-10-18(19)17-23-20(21-4-2)22-12-9-15-24-13-7-8-14-24/h3,5-6,10-11H,1,4,7-9,12-17H2,2H3,(H2,21,22,23). The highest BCUT2D eigenvalue weighted by molar-refractivity contribution is 5.79. The number of nitrogens with one attached hydrogen (secondary N) is 2. The van der Waals surface area contributed by atoms with Gasteiger partial charge in [0.25, 0.3) is 0 Å². The molecule has 0 bridgehead atoms. The molecule has 138 valence electrons. The molecule has 1 aliphatic rings. The maximum absolute atomic E-state index is 5.70. The van der Waals surface area contributed by atoms with Crippen molar-refractivity contribution in [2.24, 2.45) is 4.99 Å². The van der Waals surface area contributed by atoms with Crippen LogP contribution in [0.3, 0.4) is 0 Å². The second kappa shape index (κ2) is 11.5. The monoisotopic (exact) mass is 344 g/mol. The second-order valence-corrected chi connectivity index (χ2v) is 6.23. The summed E-state index contributed by atoms with van der Waals surface area (Å²) in [5.74, 6) is 1.73. The lowest BCUT2D eigenvalue weighted by Crippen LogP contribution is -2.38. The molecule has 5 nitrogen and oxygen atoms in total. The van der Waals surface area contributed by atoms with Gasteiger partial charge < -0.3 is 20.3 Å². The number of likely N-dealkylation sites (tertiary alicyclic amines) is 1. The Hall–Kier alpha value is -2.01. The molecule has 0 aliphatic carbocycles. The SMILES string of the molecule is C=CCOc1ccccc1CN=C(NCC)NCCCN1CCCC1. The summed E-state index contributed by atoms with van der Waals surface area (Å²) in [5, 5.41) is 6.74. The van der Waals surface area contributed by atoms with Gasteiger partial charge in [0.2, 0.25) is 0 Å². The van der Waals surface area contributed by atoms with Crippen molar-refractivity contribution in [3.05, 3.63) is 42.5 Å². The fraction of sp³-hybridized carbons (Fsp3) is 0.550. The molecule has 0 spiro atoms. The number of benzene rings is 1. The van der Waals surface area contributed by atoms with E-state index in [1.165, 1.54) is 32.5 Å². The van der Waals surface area contributed by atoms with Crippen LogP contribution < -0.4 is 15.4 Å². The van der Waals surface area contributed by atoms with Crippen LogP contribution >= 0.6 is 0 Å². The van der Waals surface area contributed by atoms with Crippen molar-refractivity contribution in [3.8, 4) is 5.75 Å². The molecule has 0 unspecified atom stereocenters. The van der Waals surface area contributed by atoms with Crippen molar-refractivity contribution >= 4 is 5.96 Å². The molecule has 0 amide bonds. The molecule has 1 aliphatic heterocycles. The largest absolute Gasteiger partial charge is 0.489 e. The summed E-state index contributed by atoms with van der Waals surface area (Å²) in [6.45, 7) is 12.4. The topological polar surface area (TPSA) is 48.9 Å². The highest BCUT2D eigenvalue weighted by Crippen LogP contribution is 2.18. The van der Waals surface area contributed by atoms with E-state index in [2.05, 4.69) is 35.1 Å². The number of hydrogen-bond donors (Lipinski definition) is 2. The van der Waals surface area contributed by atoms with Gasteiger partial charge in [0.15, 0.2) is 5.96 Å². The van der Waals surface area contributed by atoms with Crippen molar-refractivity contribution in [2.45, 2.75) is 32.7 Å². The molecule has 0 radical (unpaired) electrons. The van der Waals surface area contributed by atoms with Crippen LogP contribution in [-0.4, -0.2) is 50.2 Å². The third-order valence-electron chi connectivity index (χ3n) is 4.22. The Labute approximate surface area is 152 Å². The molecule has 1 saturated heterocycles. The zero-order chi connectivity index (χ0) is 17.7. The minimum absolute atomic E-state index is 0.509. The summed E-state index contributed by atoms with van der Waals surface area (Å²) in [4.78, 5) is 7.24. The summed E-state index contributed by atoms with van der Waals surface area (Å²) in [6, 6.07) is 8.03. The van der Waals surface area contributed by atoms with Gasteiger partial charge in [-0.1, -0.05) is 30.9 Å². The van der Waals surface area contributed by atoms with Crippen molar-refractivity contribution in [3.63, 3.8) is 0 Å². The normalized spacial score (nSPS) is 15.2. The minimum atomic E-state index is 0.509. The first-order valence-electron chi connectivity index (χ1n) is 9.39. The summed E-state index contributed by atoms with van der Waals surface area (Å²) < 4.78 is 5.70. The van der Waals surface area contributed by atoms with Gasteiger partial charge >= 0.3 is 0 Å². The summed E-state index contributed by atoms with van der Waals surface area (Å²) in [5.41, 5.74) is 1.08. The Morgan fingerprint density at radius 2 is 2.08 bits per heavy atom. The van der Waals surface area contributed by atoms with Gasteiger partial charge in [0.05, 0.1) is 6.54 Å². The summed E-state index contributed by atoms with van der Waals surface area (Å²) >= 11 is 0. The maximum atomic E-state index is 5.70. The van der Waals surface area contributed by atoms with E-state index in [4.69, 9.17) is 9.73 Å². The van der Waals surface area contributed by atoms with Crippen LogP contribution in [0, 0.1) is 0 Å². The lowest BCUT2D eigenvalue weighted by atomic mass is 10.2. The second-order valence-electron chi connectivity index (χ2n) is 6.23. The molecule has 1 heterocycles. The molecular formula is C20H32N4O. The predicted molar refractivity (Wildman–Crippen MR) is 105 cm³/mol. The van der Waals surface area contributed by atoms with Gasteiger partial charge in [-0.2, -0.15) is 0 Å². The lowest BCUT2D eigenvalue weighted by Gasteiger charge is -2.16. The first-order valence-corrected chi connectivity index (χ1v) is 9.39. The Kier molecular flexibility index (Phi) is 8.91. The third-order valence-corrected chi connectivity index (χ3v) is 4.22. The average Bonchev–Trinajstić information content (AvgIpc) is 3.15. The van der Waals surface area contributed by atoms with Gasteiger partial charge in [-0.05, 0) is 51.9 Å². The van der Waals surface area contributed by atoms with E-state index < -0.39 is 0 Å². The number of hydrogen-bond acceptors (Lipinski definition) is 3. The maximum Gasteiger partial charge on any atom is 0.191 e. The molecular weight excluding hydrogens is 312 g/mol. The van der Waals surface area contributed by atoms with Crippen molar-refractivity contribution in [2.75, 3.05) is 39.3 Å². The van der Waals surface area contributed by atoms with Crippen molar-refractivity contribution in [1.82, 2.24) is 15.5 Å². The fourth-order valence-corrected chi connectivity index (χ4v) is 2.95. The van der Waals surface area contributed by atoms with Crippen molar-refractivity contribution < 1.29 is 4.74 Å². The number of nitrogens with zero attached hydrogens (tertiary/aromatic N) is 2. The van der Waals surface area contributed by atoms with Crippen LogP contribution in [0.15, 0.2) is 41.9 Å². The van der Waals surface area contributed by atoms with Gasteiger partial charge in [-0.25, -0.2) is 4.99 Å². The van der Waals surface area contributed by atoms with Gasteiger partial charge in [0.1, 0.15) is 12.4 Å². The molecule has 2 rings (SSSR count). The first kappa shape index (κ1) is 19.3. The van der Waals surface area contributed by atoms with Gasteiger partial charge in [-0.3, -0.25) is 0 Å². The van der Waals surface area contributed by atoms with Gasteiger partial charge in [-0.15, -0.1) is 0 Å². The molecule has 0 saturated carbocycles. The third kappa shape index (κ3) is 7.18. The van der Waals surface area contributed by atoms with E-state index in [1.54, 1.807) is 6.08 Å².